The van der Waals surface area contributed by atoms with E-state index in [2.05, 4.69) is 0 Å². The highest BCUT2D eigenvalue weighted by Gasteiger charge is 1.97. The predicted octanol–water partition coefficient (Wildman–Crippen LogP) is 2.89. The summed E-state index contributed by atoms with van der Waals surface area (Å²) in [6.07, 6.45) is 1.14. The summed E-state index contributed by atoms with van der Waals surface area (Å²) in [4.78, 5) is 10.3. The number of benzene rings is 1. The quantitative estimate of drug-likeness (QED) is 0.805. The molecular weight excluding hydrogens is 228 g/mol. The smallest absolute Gasteiger partial charge is 0.328 e. The summed E-state index contributed by atoms with van der Waals surface area (Å²) >= 11 is 5.81. The Labute approximate surface area is 99.3 Å². The lowest BCUT2D eigenvalue weighted by molar-refractivity contribution is -0.131. The summed E-state index contributed by atoms with van der Waals surface area (Å²) in [6.45, 7) is 2.44. The van der Waals surface area contributed by atoms with Gasteiger partial charge in [-0.3, -0.25) is 0 Å². The number of rotatable bonds is 5. The van der Waals surface area contributed by atoms with Crippen molar-refractivity contribution in [3.8, 4) is 0 Å². The molecule has 0 saturated carbocycles. The lowest BCUT2D eigenvalue weighted by atomic mass is 10.2. The number of halogens is 1. The van der Waals surface area contributed by atoms with Gasteiger partial charge in [0.05, 0.1) is 13.2 Å². The Kier molecular flexibility index (Phi) is 5.02. The molecular formula is C12H13ClO3. The molecule has 0 aliphatic carbocycles. The topological polar surface area (TPSA) is 46.5 Å². The maximum atomic E-state index is 10.3. The molecule has 0 saturated heterocycles. The van der Waals surface area contributed by atoms with Crippen molar-refractivity contribution >= 4 is 17.6 Å². The molecule has 0 heterocycles. The molecule has 1 aromatic carbocycles. The van der Waals surface area contributed by atoms with E-state index in [4.69, 9.17) is 21.4 Å². The fourth-order valence-electron chi connectivity index (χ4n) is 1.21. The Balaban J connectivity index is 2.39. The zero-order valence-electron chi connectivity index (χ0n) is 8.94. The number of ether oxygens (including phenoxy) is 1. The third kappa shape index (κ3) is 4.96. The zero-order chi connectivity index (χ0) is 12.0. The molecule has 3 nitrogen and oxygen atoms in total. The third-order valence-electron chi connectivity index (χ3n) is 1.86. The molecule has 16 heavy (non-hydrogen) atoms. The normalized spacial score (nSPS) is 11.5. The van der Waals surface area contributed by atoms with Crippen molar-refractivity contribution < 1.29 is 14.6 Å². The van der Waals surface area contributed by atoms with Gasteiger partial charge in [0.15, 0.2) is 0 Å². The molecule has 0 aliphatic heterocycles. The van der Waals surface area contributed by atoms with Crippen LogP contribution in [0.1, 0.15) is 12.5 Å². The molecule has 0 radical (unpaired) electrons. The first kappa shape index (κ1) is 12.7. The van der Waals surface area contributed by atoms with Crippen LogP contribution in [-0.2, 0) is 16.1 Å². The molecule has 0 bridgehead atoms. The molecule has 1 N–H and O–H groups in total. The van der Waals surface area contributed by atoms with Gasteiger partial charge in [0, 0.05) is 11.1 Å². The first-order valence-electron chi connectivity index (χ1n) is 4.80. The van der Waals surface area contributed by atoms with Crippen molar-refractivity contribution in [1.29, 1.82) is 0 Å². The van der Waals surface area contributed by atoms with Crippen molar-refractivity contribution in [3.05, 3.63) is 46.5 Å². The van der Waals surface area contributed by atoms with E-state index < -0.39 is 5.97 Å². The molecule has 0 aliphatic rings. The van der Waals surface area contributed by atoms with E-state index in [1.807, 2.05) is 18.2 Å². The van der Waals surface area contributed by atoms with E-state index in [0.29, 0.717) is 23.8 Å². The molecule has 0 atom stereocenters. The molecule has 86 valence electrons. The Hall–Kier alpha value is -1.32. The number of hydrogen-bond acceptors (Lipinski definition) is 2. The molecule has 0 unspecified atom stereocenters. The minimum absolute atomic E-state index is 0.304. The molecule has 0 spiro atoms. The van der Waals surface area contributed by atoms with Crippen LogP contribution in [-0.4, -0.2) is 17.7 Å². The van der Waals surface area contributed by atoms with Crippen LogP contribution in [0.15, 0.2) is 35.9 Å². The average Bonchev–Trinajstić information content (AvgIpc) is 2.16. The van der Waals surface area contributed by atoms with Crippen molar-refractivity contribution in [2.45, 2.75) is 13.5 Å². The van der Waals surface area contributed by atoms with Crippen molar-refractivity contribution in [2.24, 2.45) is 0 Å². The zero-order valence-corrected chi connectivity index (χ0v) is 9.70. The lowest BCUT2D eigenvalue weighted by Gasteiger charge is -2.04. The van der Waals surface area contributed by atoms with E-state index in [1.54, 1.807) is 13.0 Å². The van der Waals surface area contributed by atoms with E-state index in [0.717, 1.165) is 11.6 Å². The van der Waals surface area contributed by atoms with Gasteiger partial charge in [-0.2, -0.15) is 0 Å². The predicted molar refractivity (Wildman–Crippen MR) is 62.5 cm³/mol. The first-order valence-corrected chi connectivity index (χ1v) is 5.18. The van der Waals surface area contributed by atoms with Crippen LogP contribution >= 0.6 is 11.6 Å². The van der Waals surface area contributed by atoms with Crippen molar-refractivity contribution in [2.75, 3.05) is 6.61 Å². The van der Waals surface area contributed by atoms with Gasteiger partial charge in [-0.25, -0.2) is 4.79 Å². The Morgan fingerprint density at radius 1 is 1.56 bits per heavy atom. The van der Waals surface area contributed by atoms with Gasteiger partial charge in [-0.05, 0) is 30.2 Å². The Morgan fingerprint density at radius 2 is 2.31 bits per heavy atom. The second-order valence-electron chi connectivity index (χ2n) is 3.45. The maximum Gasteiger partial charge on any atom is 0.328 e. The van der Waals surface area contributed by atoms with Gasteiger partial charge in [-0.1, -0.05) is 23.7 Å². The lowest BCUT2D eigenvalue weighted by Crippen LogP contribution is -1.99. The van der Waals surface area contributed by atoms with Crippen molar-refractivity contribution in [1.82, 2.24) is 0 Å². The second-order valence-corrected chi connectivity index (χ2v) is 3.89. The number of carbonyl (C=O) groups is 1. The molecule has 4 heteroatoms. The molecule has 0 aromatic heterocycles. The van der Waals surface area contributed by atoms with Crippen LogP contribution in [0.3, 0.4) is 0 Å². The summed E-state index contributed by atoms with van der Waals surface area (Å²) in [5, 5.41) is 9.15. The minimum Gasteiger partial charge on any atom is -0.478 e. The van der Waals surface area contributed by atoms with Crippen LogP contribution in [0.4, 0.5) is 0 Å². The second kappa shape index (κ2) is 6.30. The Morgan fingerprint density at radius 3 is 2.94 bits per heavy atom. The van der Waals surface area contributed by atoms with Gasteiger partial charge >= 0.3 is 5.97 Å². The largest absolute Gasteiger partial charge is 0.478 e. The molecule has 1 aromatic rings. The molecule has 0 fully saturated rings. The van der Waals surface area contributed by atoms with Crippen LogP contribution in [0.5, 0.6) is 0 Å². The van der Waals surface area contributed by atoms with Gasteiger partial charge < -0.3 is 9.84 Å². The highest BCUT2D eigenvalue weighted by molar-refractivity contribution is 6.30. The summed E-state index contributed by atoms with van der Waals surface area (Å²) < 4.78 is 5.35. The van der Waals surface area contributed by atoms with Gasteiger partial charge in [-0.15, -0.1) is 0 Å². The van der Waals surface area contributed by atoms with Crippen LogP contribution in [0.2, 0.25) is 5.02 Å². The van der Waals surface area contributed by atoms with Crippen LogP contribution < -0.4 is 0 Å². The summed E-state index contributed by atoms with van der Waals surface area (Å²) in [5.74, 6) is -0.955. The highest BCUT2D eigenvalue weighted by atomic mass is 35.5. The average molecular weight is 241 g/mol. The summed E-state index contributed by atoms with van der Waals surface area (Å²) in [7, 11) is 0. The third-order valence-corrected chi connectivity index (χ3v) is 2.09. The number of aliphatic carboxylic acids is 1. The van der Waals surface area contributed by atoms with Crippen LogP contribution in [0.25, 0.3) is 0 Å². The van der Waals surface area contributed by atoms with Gasteiger partial charge in [0.2, 0.25) is 0 Å². The number of carboxylic acid groups (broad SMARTS) is 1. The van der Waals surface area contributed by atoms with Crippen LogP contribution in [0, 0.1) is 0 Å². The number of hydrogen-bond donors (Lipinski definition) is 1. The first-order chi connectivity index (χ1) is 7.58. The maximum absolute atomic E-state index is 10.3. The fourth-order valence-corrected chi connectivity index (χ4v) is 1.42. The summed E-state index contributed by atoms with van der Waals surface area (Å²) in [6, 6.07) is 7.36. The molecule has 0 amide bonds. The van der Waals surface area contributed by atoms with E-state index in [-0.39, 0.29) is 0 Å². The van der Waals surface area contributed by atoms with Crippen molar-refractivity contribution in [3.63, 3.8) is 0 Å². The van der Waals surface area contributed by atoms with E-state index in [9.17, 15) is 4.79 Å². The SMILES string of the molecule is CC(=CC(=O)O)COCc1cccc(Cl)c1. The Bertz CT molecular complexity index is 399. The minimum atomic E-state index is -0.955. The van der Waals surface area contributed by atoms with Gasteiger partial charge in [0.25, 0.3) is 0 Å². The number of carboxylic acids is 1. The summed E-state index contributed by atoms with van der Waals surface area (Å²) in [5.41, 5.74) is 1.64. The molecule has 1 rings (SSSR count). The monoisotopic (exact) mass is 240 g/mol. The highest BCUT2D eigenvalue weighted by Crippen LogP contribution is 2.11. The van der Waals surface area contributed by atoms with E-state index in [1.165, 1.54) is 0 Å². The van der Waals surface area contributed by atoms with Gasteiger partial charge in [0.1, 0.15) is 0 Å². The standard InChI is InChI=1S/C12H13ClO3/c1-9(5-12(14)15)7-16-8-10-3-2-4-11(13)6-10/h2-6H,7-8H2,1H3,(H,14,15). The van der Waals surface area contributed by atoms with E-state index >= 15 is 0 Å². The fraction of sp³-hybridized carbons (Fsp3) is 0.250.